The van der Waals surface area contributed by atoms with Gasteiger partial charge in [-0.05, 0) is 30.5 Å². The largest absolute Gasteiger partial charge is 0.352 e. The number of carbonyl (C=O) groups excluding carboxylic acids is 1. The summed E-state index contributed by atoms with van der Waals surface area (Å²) in [5, 5.41) is 3.39. The van der Waals surface area contributed by atoms with Crippen LogP contribution in [-0.4, -0.2) is 12.5 Å². The third kappa shape index (κ3) is 3.22. The lowest BCUT2D eigenvalue weighted by molar-refractivity contribution is 0.0953. The van der Waals surface area contributed by atoms with Gasteiger partial charge in [0.2, 0.25) is 0 Å². The van der Waals surface area contributed by atoms with Crippen molar-refractivity contribution in [2.75, 3.05) is 6.54 Å². The maximum Gasteiger partial charge on any atom is 0.252 e. The van der Waals surface area contributed by atoms with E-state index in [4.69, 9.17) is 11.6 Å². The highest BCUT2D eigenvalue weighted by Gasteiger charge is 2.20. The molecule has 86 valence electrons. The van der Waals surface area contributed by atoms with Crippen LogP contribution in [0.15, 0.2) is 22.7 Å². The minimum atomic E-state index is -0.0908. The Balaban J connectivity index is 1.93. The summed E-state index contributed by atoms with van der Waals surface area (Å²) in [5.41, 5.74) is 0.534. The molecule has 1 aliphatic rings. The van der Waals surface area contributed by atoms with E-state index >= 15 is 0 Å². The van der Waals surface area contributed by atoms with Gasteiger partial charge in [-0.1, -0.05) is 40.4 Å². The van der Waals surface area contributed by atoms with Crippen molar-refractivity contribution in [2.45, 2.75) is 19.3 Å². The fourth-order valence-corrected chi connectivity index (χ4v) is 2.13. The van der Waals surface area contributed by atoms with Crippen molar-refractivity contribution in [2.24, 2.45) is 5.92 Å². The molecular formula is C12H13BrClNO. The first-order valence-electron chi connectivity index (χ1n) is 5.40. The number of hydrogen-bond donors (Lipinski definition) is 1. The Morgan fingerprint density at radius 3 is 2.94 bits per heavy atom. The van der Waals surface area contributed by atoms with Crippen LogP contribution in [0.2, 0.25) is 5.02 Å². The average molecular weight is 303 g/mol. The normalized spacial score (nSPS) is 14.9. The molecule has 1 saturated carbocycles. The Hall–Kier alpha value is -0.540. The Morgan fingerprint density at radius 2 is 2.25 bits per heavy atom. The summed E-state index contributed by atoms with van der Waals surface area (Å²) in [6.45, 7) is 0.742. The average Bonchev–Trinajstić information content (AvgIpc) is 3.05. The molecule has 2 nitrogen and oxygen atoms in total. The van der Waals surface area contributed by atoms with Gasteiger partial charge in [-0.3, -0.25) is 4.79 Å². The molecule has 4 heteroatoms. The number of amides is 1. The Labute approximate surface area is 108 Å². The SMILES string of the molecule is O=C(NCCC1CC1)c1cc(Br)ccc1Cl. The van der Waals surface area contributed by atoms with E-state index in [-0.39, 0.29) is 5.91 Å². The quantitative estimate of drug-likeness (QED) is 0.904. The monoisotopic (exact) mass is 301 g/mol. The van der Waals surface area contributed by atoms with Crippen molar-refractivity contribution in [3.63, 3.8) is 0 Å². The van der Waals surface area contributed by atoms with Crippen LogP contribution in [0.4, 0.5) is 0 Å². The fraction of sp³-hybridized carbons (Fsp3) is 0.417. The molecule has 1 aromatic rings. The molecule has 0 heterocycles. The lowest BCUT2D eigenvalue weighted by Gasteiger charge is -2.06. The third-order valence-electron chi connectivity index (χ3n) is 2.71. The zero-order valence-corrected chi connectivity index (χ0v) is 11.1. The highest BCUT2D eigenvalue weighted by atomic mass is 79.9. The first-order chi connectivity index (χ1) is 7.66. The standard InChI is InChI=1S/C12H13BrClNO/c13-9-3-4-11(14)10(7-9)12(16)15-6-5-8-1-2-8/h3-4,7-8H,1-2,5-6H2,(H,15,16). The van der Waals surface area contributed by atoms with E-state index in [2.05, 4.69) is 21.2 Å². The zero-order valence-electron chi connectivity index (χ0n) is 8.80. The van der Waals surface area contributed by atoms with Gasteiger partial charge in [0.1, 0.15) is 0 Å². The minimum absolute atomic E-state index is 0.0908. The molecule has 2 rings (SSSR count). The molecule has 0 atom stereocenters. The molecule has 1 aliphatic carbocycles. The smallest absolute Gasteiger partial charge is 0.252 e. The second-order valence-electron chi connectivity index (χ2n) is 4.11. The molecule has 16 heavy (non-hydrogen) atoms. The Bertz CT molecular complexity index is 404. The molecule has 0 spiro atoms. The van der Waals surface area contributed by atoms with Crippen molar-refractivity contribution < 1.29 is 4.79 Å². The van der Waals surface area contributed by atoms with Gasteiger partial charge in [-0.15, -0.1) is 0 Å². The number of halogens is 2. The topological polar surface area (TPSA) is 29.1 Å². The van der Waals surface area contributed by atoms with Gasteiger partial charge in [0.05, 0.1) is 10.6 Å². The van der Waals surface area contributed by atoms with E-state index in [0.29, 0.717) is 10.6 Å². The number of rotatable bonds is 4. The molecular weight excluding hydrogens is 289 g/mol. The van der Waals surface area contributed by atoms with Crippen molar-refractivity contribution in [1.82, 2.24) is 5.32 Å². The molecule has 1 aromatic carbocycles. The van der Waals surface area contributed by atoms with Gasteiger partial charge in [-0.2, -0.15) is 0 Å². The van der Waals surface area contributed by atoms with Crippen LogP contribution >= 0.6 is 27.5 Å². The molecule has 0 aliphatic heterocycles. The summed E-state index contributed by atoms with van der Waals surface area (Å²) in [6.07, 6.45) is 3.71. The molecule has 1 amide bonds. The molecule has 0 radical (unpaired) electrons. The lowest BCUT2D eigenvalue weighted by Crippen LogP contribution is -2.25. The summed E-state index contributed by atoms with van der Waals surface area (Å²) in [4.78, 5) is 11.8. The van der Waals surface area contributed by atoms with E-state index in [1.54, 1.807) is 12.1 Å². The van der Waals surface area contributed by atoms with Crippen LogP contribution in [0.5, 0.6) is 0 Å². The molecule has 1 fully saturated rings. The first-order valence-corrected chi connectivity index (χ1v) is 6.57. The lowest BCUT2D eigenvalue weighted by atomic mass is 10.2. The van der Waals surface area contributed by atoms with Crippen LogP contribution < -0.4 is 5.32 Å². The van der Waals surface area contributed by atoms with Gasteiger partial charge in [-0.25, -0.2) is 0 Å². The van der Waals surface area contributed by atoms with Gasteiger partial charge in [0, 0.05) is 11.0 Å². The molecule has 0 bridgehead atoms. The van der Waals surface area contributed by atoms with Crippen LogP contribution in [0.25, 0.3) is 0 Å². The number of nitrogens with one attached hydrogen (secondary N) is 1. The number of benzene rings is 1. The summed E-state index contributed by atoms with van der Waals surface area (Å²) < 4.78 is 0.865. The van der Waals surface area contributed by atoms with Crippen molar-refractivity contribution >= 4 is 33.4 Å². The Morgan fingerprint density at radius 1 is 1.50 bits per heavy atom. The highest BCUT2D eigenvalue weighted by molar-refractivity contribution is 9.10. The molecule has 0 saturated heterocycles. The van der Waals surface area contributed by atoms with Crippen LogP contribution in [0.1, 0.15) is 29.6 Å². The van der Waals surface area contributed by atoms with Gasteiger partial charge in [0.15, 0.2) is 0 Å². The molecule has 0 unspecified atom stereocenters. The number of carbonyl (C=O) groups is 1. The van der Waals surface area contributed by atoms with Gasteiger partial charge >= 0.3 is 0 Å². The highest BCUT2D eigenvalue weighted by Crippen LogP contribution is 2.31. The minimum Gasteiger partial charge on any atom is -0.352 e. The van der Waals surface area contributed by atoms with Crippen molar-refractivity contribution in [1.29, 1.82) is 0 Å². The van der Waals surface area contributed by atoms with Gasteiger partial charge < -0.3 is 5.32 Å². The summed E-state index contributed by atoms with van der Waals surface area (Å²) in [6, 6.07) is 5.29. The molecule has 1 N–H and O–H groups in total. The fourth-order valence-electron chi connectivity index (χ4n) is 1.56. The van der Waals surface area contributed by atoms with Crippen molar-refractivity contribution in [3.8, 4) is 0 Å². The van der Waals surface area contributed by atoms with Crippen LogP contribution in [0.3, 0.4) is 0 Å². The number of hydrogen-bond acceptors (Lipinski definition) is 1. The molecule has 0 aromatic heterocycles. The van der Waals surface area contributed by atoms with E-state index < -0.39 is 0 Å². The third-order valence-corrected chi connectivity index (χ3v) is 3.53. The zero-order chi connectivity index (χ0) is 11.5. The van der Waals surface area contributed by atoms with E-state index in [1.807, 2.05) is 6.07 Å². The second-order valence-corrected chi connectivity index (χ2v) is 5.43. The van der Waals surface area contributed by atoms with Crippen molar-refractivity contribution in [3.05, 3.63) is 33.3 Å². The van der Waals surface area contributed by atoms with Crippen LogP contribution in [0, 0.1) is 5.92 Å². The second kappa shape index (κ2) is 5.19. The predicted molar refractivity (Wildman–Crippen MR) is 68.8 cm³/mol. The maximum absolute atomic E-state index is 11.8. The predicted octanol–water partition coefficient (Wildman–Crippen LogP) is 3.63. The summed E-state index contributed by atoms with van der Waals surface area (Å²) >= 11 is 9.29. The summed E-state index contributed by atoms with van der Waals surface area (Å²) in [7, 11) is 0. The van der Waals surface area contributed by atoms with E-state index in [1.165, 1.54) is 12.8 Å². The van der Waals surface area contributed by atoms with E-state index in [9.17, 15) is 4.79 Å². The summed E-state index contributed by atoms with van der Waals surface area (Å²) in [5.74, 6) is 0.741. The first kappa shape index (κ1) is 11.9. The van der Waals surface area contributed by atoms with E-state index in [0.717, 1.165) is 23.4 Å². The van der Waals surface area contributed by atoms with Crippen LogP contribution in [-0.2, 0) is 0 Å². The Kier molecular flexibility index (Phi) is 3.87. The maximum atomic E-state index is 11.8. The van der Waals surface area contributed by atoms with Gasteiger partial charge in [0.25, 0.3) is 5.91 Å².